The second-order valence-electron chi connectivity index (χ2n) is 15.8. The molecule has 8 atom stereocenters. The Morgan fingerprint density at radius 1 is 0.845 bits per heavy atom. The summed E-state index contributed by atoms with van der Waals surface area (Å²) < 4.78 is 10.6. The lowest BCUT2D eigenvalue weighted by Crippen LogP contribution is -2.59. The normalized spacial score (nSPS) is 23.7. The van der Waals surface area contributed by atoms with Gasteiger partial charge in [0.15, 0.2) is 0 Å². The van der Waals surface area contributed by atoms with Gasteiger partial charge in [0.25, 0.3) is 11.8 Å². The van der Waals surface area contributed by atoms with E-state index in [-0.39, 0.29) is 37.5 Å². The first-order chi connectivity index (χ1) is 27.6. The molecule has 0 radical (unpaired) electrons. The molecule has 3 saturated heterocycles. The van der Waals surface area contributed by atoms with Crippen LogP contribution in [0.25, 0.3) is 0 Å². The molecule has 0 saturated carbocycles. The fraction of sp³-hybridized carbons (Fsp3) is 0.600. The zero-order valence-corrected chi connectivity index (χ0v) is 33.8. The Balaban J connectivity index is 1.34. The summed E-state index contributed by atoms with van der Waals surface area (Å²) in [6.45, 7) is 9.37. The summed E-state index contributed by atoms with van der Waals surface area (Å²) >= 11 is 0. The Bertz CT molecular complexity index is 1800. The van der Waals surface area contributed by atoms with Crippen molar-refractivity contribution < 1.29 is 47.8 Å². The highest BCUT2D eigenvalue weighted by atomic mass is 16.6. The van der Waals surface area contributed by atoms with Crippen molar-refractivity contribution in [1.29, 1.82) is 0 Å². The second kappa shape index (κ2) is 19.2. The van der Waals surface area contributed by atoms with E-state index in [9.17, 15) is 38.4 Å². The molecule has 3 N–H and O–H groups in total. The molecule has 18 heteroatoms. The average Bonchev–Trinajstić information content (AvgIpc) is 3.91. The number of hydrogen-bond donors (Lipinski definition) is 3. The molecule has 1 aromatic heterocycles. The molecule has 0 bridgehead atoms. The summed E-state index contributed by atoms with van der Waals surface area (Å²) in [6.07, 6.45) is 11.7. The molecular weight excluding hydrogens is 752 g/mol. The van der Waals surface area contributed by atoms with E-state index >= 15 is 0 Å². The van der Waals surface area contributed by atoms with Gasteiger partial charge in [0.05, 0.1) is 32.4 Å². The minimum absolute atomic E-state index is 0.000445. The molecule has 0 spiro atoms. The van der Waals surface area contributed by atoms with Gasteiger partial charge in [-0.3, -0.25) is 33.8 Å². The number of rotatable bonds is 15. The Labute approximate surface area is 337 Å². The van der Waals surface area contributed by atoms with E-state index in [1.165, 1.54) is 30.6 Å². The smallest absolute Gasteiger partial charge is 0.410 e. The minimum Gasteiger partial charge on any atom is -0.467 e. The second-order valence-corrected chi connectivity index (χ2v) is 15.8. The third-order valence-corrected chi connectivity index (χ3v) is 10.9. The number of nitrogens with one attached hydrogen (secondary N) is 3. The Morgan fingerprint density at radius 3 is 2.19 bits per heavy atom. The van der Waals surface area contributed by atoms with E-state index in [1.807, 2.05) is 12.2 Å². The van der Waals surface area contributed by atoms with Gasteiger partial charge in [-0.25, -0.2) is 14.6 Å². The number of esters is 1. The number of amides is 6. The van der Waals surface area contributed by atoms with Crippen molar-refractivity contribution >= 4 is 47.4 Å². The lowest BCUT2D eigenvalue weighted by molar-refractivity contribution is -0.147. The lowest BCUT2D eigenvalue weighted by Gasteiger charge is -2.36. The number of hydrogen-bond acceptors (Lipinski definition) is 12. The van der Waals surface area contributed by atoms with Gasteiger partial charge in [-0.15, -0.1) is 0 Å². The molecule has 4 heterocycles. The first-order valence-corrected chi connectivity index (χ1v) is 19.9. The van der Waals surface area contributed by atoms with E-state index in [2.05, 4.69) is 42.8 Å². The molecule has 314 valence electrons. The van der Waals surface area contributed by atoms with Crippen LogP contribution in [0.2, 0.25) is 0 Å². The van der Waals surface area contributed by atoms with E-state index in [1.54, 1.807) is 39.5 Å². The molecular formula is C40H54N8O10. The van der Waals surface area contributed by atoms with Crippen LogP contribution in [0.3, 0.4) is 0 Å². The minimum atomic E-state index is -1.27. The van der Waals surface area contributed by atoms with Crippen molar-refractivity contribution in [3.8, 4) is 0 Å². The number of aromatic nitrogens is 2. The molecule has 3 fully saturated rings. The zero-order chi connectivity index (χ0) is 42.3. The Kier molecular flexibility index (Phi) is 14.4. The predicted octanol–water partition coefficient (Wildman–Crippen LogP) is 0.780. The number of methoxy groups -OCH3 is 1. The number of piperidine rings is 1. The third-order valence-electron chi connectivity index (χ3n) is 10.9. The number of Topliss-reactive ketones (excluding diaryl/α,β-unsaturated/α-hetero) is 1. The molecule has 1 aliphatic carbocycles. The highest BCUT2D eigenvalue weighted by Crippen LogP contribution is 2.30. The largest absolute Gasteiger partial charge is 0.467 e. The maximum Gasteiger partial charge on any atom is 0.410 e. The van der Waals surface area contributed by atoms with Gasteiger partial charge in [0, 0.05) is 37.8 Å². The van der Waals surface area contributed by atoms with E-state index in [0.29, 0.717) is 25.4 Å². The van der Waals surface area contributed by atoms with Gasteiger partial charge in [-0.05, 0) is 30.6 Å². The number of allylic oxidation sites excluding steroid dienone is 3. The zero-order valence-electron chi connectivity index (χ0n) is 33.8. The molecule has 4 aliphatic rings. The van der Waals surface area contributed by atoms with Crippen molar-refractivity contribution in [3.05, 3.63) is 48.6 Å². The quantitative estimate of drug-likeness (QED) is 0.127. The molecule has 0 aromatic carbocycles. The number of fused-ring (bicyclic) bond motifs is 1. The van der Waals surface area contributed by atoms with Gasteiger partial charge in [0.1, 0.15) is 36.0 Å². The number of nitrogens with zero attached hydrogens (tertiary/aromatic N) is 5. The SMILES string of the molecule is CCC[C@H](NC(=O)[C@@H]1C[C@@H](OC(=O)N2CCC3C=CC=CC3C2)CN1C(=O)[C@@H](NC(=O)[C@@H](NC(=O)c1cnccn1)C(C)C)C(C)C)C(=O)C(=O)N1CC1C(=O)OC. The van der Waals surface area contributed by atoms with Crippen LogP contribution in [-0.4, -0.2) is 142 Å². The van der Waals surface area contributed by atoms with E-state index in [4.69, 9.17) is 4.74 Å². The van der Waals surface area contributed by atoms with Gasteiger partial charge >= 0.3 is 12.1 Å². The fourth-order valence-electron chi connectivity index (χ4n) is 7.53. The summed E-state index contributed by atoms with van der Waals surface area (Å²) in [5.41, 5.74) is -0.000445. The molecule has 3 unspecified atom stereocenters. The van der Waals surface area contributed by atoms with Gasteiger partial charge in [-0.1, -0.05) is 65.3 Å². The Hall–Kier alpha value is -5.68. The van der Waals surface area contributed by atoms with Crippen LogP contribution >= 0.6 is 0 Å². The van der Waals surface area contributed by atoms with Gasteiger partial charge < -0.3 is 40.1 Å². The lowest BCUT2D eigenvalue weighted by atomic mass is 9.83. The highest BCUT2D eigenvalue weighted by molar-refractivity contribution is 6.39. The first-order valence-electron chi connectivity index (χ1n) is 19.9. The monoisotopic (exact) mass is 806 g/mol. The topological polar surface area (TPSA) is 226 Å². The van der Waals surface area contributed by atoms with Gasteiger partial charge in [0.2, 0.25) is 23.5 Å². The number of ketones is 1. The van der Waals surface area contributed by atoms with Crippen LogP contribution in [0, 0.1) is 23.7 Å². The number of likely N-dealkylation sites (tertiary alicyclic amines) is 2. The van der Waals surface area contributed by atoms with Crippen LogP contribution in [0.1, 0.15) is 70.8 Å². The number of carbonyl (C=O) groups excluding carboxylic acids is 8. The number of ether oxygens (including phenoxy) is 2. The summed E-state index contributed by atoms with van der Waals surface area (Å²) in [6, 6.07) is -5.68. The maximum absolute atomic E-state index is 14.5. The fourth-order valence-corrected chi connectivity index (χ4v) is 7.53. The van der Waals surface area contributed by atoms with Gasteiger partial charge in [-0.2, -0.15) is 0 Å². The third kappa shape index (κ3) is 10.2. The van der Waals surface area contributed by atoms with Crippen molar-refractivity contribution in [2.24, 2.45) is 23.7 Å². The summed E-state index contributed by atoms with van der Waals surface area (Å²) in [5, 5.41) is 8.10. The van der Waals surface area contributed by atoms with Crippen LogP contribution in [0.4, 0.5) is 4.79 Å². The highest BCUT2D eigenvalue weighted by Gasteiger charge is 2.50. The molecule has 18 nitrogen and oxygen atoms in total. The molecule has 5 rings (SSSR count). The van der Waals surface area contributed by atoms with Crippen LogP contribution in [0.5, 0.6) is 0 Å². The van der Waals surface area contributed by atoms with Crippen LogP contribution < -0.4 is 16.0 Å². The predicted molar refractivity (Wildman–Crippen MR) is 206 cm³/mol. The van der Waals surface area contributed by atoms with E-state index in [0.717, 1.165) is 11.3 Å². The molecule has 3 aliphatic heterocycles. The van der Waals surface area contributed by atoms with Crippen molar-refractivity contribution in [1.82, 2.24) is 40.6 Å². The van der Waals surface area contributed by atoms with Crippen LogP contribution in [-0.2, 0) is 38.2 Å². The number of carbonyl (C=O) groups is 8. The average molecular weight is 807 g/mol. The van der Waals surface area contributed by atoms with E-state index < -0.39 is 95.5 Å². The van der Waals surface area contributed by atoms with Crippen LogP contribution in [0.15, 0.2) is 42.9 Å². The molecule has 1 aromatic rings. The standard InChI is InChI=1S/C40H54N8O10/c1-7-10-27(33(49)38(54)48-21-30(48)39(55)57-6)43-35(51)29-17-26(58-40(56)46-16-13-24-11-8-9-12-25(24)19-46)20-47(29)37(53)32(23(4)5)45-36(52)31(22(2)3)44-34(50)28-18-41-14-15-42-28/h8-9,11-12,14-15,18,22-27,29-32H,7,10,13,16-17,19-21H2,1-6H3,(H,43,51)(H,44,50)(H,45,52)/t24?,25?,26-,27+,29+,30?,31+,32+,48?/m1/s1. The summed E-state index contributed by atoms with van der Waals surface area (Å²) in [4.78, 5) is 119. The molecule has 58 heavy (non-hydrogen) atoms. The maximum atomic E-state index is 14.5. The first kappa shape index (κ1) is 43.4. The van der Waals surface area contributed by atoms with Crippen molar-refractivity contribution in [2.45, 2.75) is 96.6 Å². The van der Waals surface area contributed by atoms with Crippen molar-refractivity contribution in [3.63, 3.8) is 0 Å². The van der Waals surface area contributed by atoms with Crippen molar-refractivity contribution in [2.75, 3.05) is 33.3 Å². The summed E-state index contributed by atoms with van der Waals surface area (Å²) in [5.74, 6) is -5.69. The Morgan fingerprint density at radius 2 is 1.55 bits per heavy atom. The summed E-state index contributed by atoms with van der Waals surface area (Å²) in [7, 11) is 1.18. The molecule has 6 amide bonds.